The number of H-pyrrole nitrogens is 1. The van der Waals surface area contributed by atoms with Gasteiger partial charge in [-0.1, -0.05) is 36.4 Å². The van der Waals surface area contributed by atoms with Gasteiger partial charge in [0.1, 0.15) is 12.4 Å². The minimum absolute atomic E-state index is 0.137. The van der Waals surface area contributed by atoms with Crippen molar-refractivity contribution in [2.75, 3.05) is 40.9 Å². The SMILES string of the molecule is COc1ccc(C2c3[nH]c4ccccc4c3CCN2C(=O)/C=C/c2ccc(OCCN(C)C)cc2)cc1F. The van der Waals surface area contributed by atoms with Crippen molar-refractivity contribution >= 4 is 22.9 Å². The van der Waals surface area contributed by atoms with Crippen LogP contribution >= 0.6 is 0 Å². The first-order valence-electron chi connectivity index (χ1n) is 12.7. The fourth-order valence-electron chi connectivity index (χ4n) is 4.96. The summed E-state index contributed by atoms with van der Waals surface area (Å²) in [5.41, 5.74) is 4.68. The Morgan fingerprint density at radius 2 is 1.92 bits per heavy atom. The van der Waals surface area contributed by atoms with Crippen LogP contribution in [0.25, 0.3) is 17.0 Å². The Bertz CT molecular complexity index is 1460. The number of methoxy groups -OCH3 is 1. The van der Waals surface area contributed by atoms with Crippen LogP contribution in [-0.2, 0) is 11.2 Å². The normalized spacial score (nSPS) is 15.3. The van der Waals surface area contributed by atoms with Crippen LogP contribution in [0.4, 0.5) is 4.39 Å². The van der Waals surface area contributed by atoms with Gasteiger partial charge in [-0.2, -0.15) is 0 Å². The van der Waals surface area contributed by atoms with E-state index in [0.717, 1.165) is 34.5 Å². The fraction of sp³-hybridized carbons (Fsp3) is 0.258. The van der Waals surface area contributed by atoms with Gasteiger partial charge < -0.3 is 24.3 Å². The number of nitrogens with one attached hydrogen (secondary N) is 1. The minimum atomic E-state index is -0.455. The van der Waals surface area contributed by atoms with E-state index < -0.39 is 11.9 Å². The van der Waals surface area contributed by atoms with E-state index in [9.17, 15) is 9.18 Å². The van der Waals surface area contributed by atoms with Crippen molar-refractivity contribution < 1.29 is 18.7 Å². The molecule has 0 saturated carbocycles. The molecule has 1 atom stereocenters. The molecule has 4 aromatic rings. The van der Waals surface area contributed by atoms with Crippen LogP contribution in [0.2, 0.25) is 0 Å². The summed E-state index contributed by atoms with van der Waals surface area (Å²) in [4.78, 5) is 20.9. The number of fused-ring (bicyclic) bond motifs is 3. The highest BCUT2D eigenvalue weighted by atomic mass is 19.1. The average Bonchev–Trinajstić information content (AvgIpc) is 3.30. The van der Waals surface area contributed by atoms with Gasteiger partial charge in [0.15, 0.2) is 11.6 Å². The van der Waals surface area contributed by atoms with Gasteiger partial charge in [-0.25, -0.2) is 4.39 Å². The van der Waals surface area contributed by atoms with Gasteiger partial charge in [-0.15, -0.1) is 0 Å². The third kappa shape index (κ3) is 5.29. The lowest BCUT2D eigenvalue weighted by Crippen LogP contribution is -2.39. The molecule has 2 heterocycles. The largest absolute Gasteiger partial charge is 0.494 e. The molecule has 5 rings (SSSR count). The number of carbonyl (C=O) groups is 1. The summed E-state index contributed by atoms with van der Waals surface area (Å²) in [6.45, 7) is 1.97. The molecule has 0 fully saturated rings. The second-order valence-electron chi connectivity index (χ2n) is 9.70. The number of aromatic amines is 1. The topological polar surface area (TPSA) is 57.8 Å². The number of likely N-dealkylation sites (N-methyl/N-ethyl adjacent to an activating group) is 1. The van der Waals surface area contributed by atoms with Gasteiger partial charge in [-0.05, 0) is 73.6 Å². The van der Waals surface area contributed by atoms with E-state index in [2.05, 4.69) is 16.0 Å². The highest BCUT2D eigenvalue weighted by Gasteiger charge is 2.34. The van der Waals surface area contributed by atoms with Gasteiger partial charge >= 0.3 is 0 Å². The van der Waals surface area contributed by atoms with E-state index in [1.54, 1.807) is 23.1 Å². The number of rotatable bonds is 8. The van der Waals surface area contributed by atoms with Crippen LogP contribution in [0.15, 0.2) is 72.8 Å². The van der Waals surface area contributed by atoms with Gasteiger partial charge in [0.25, 0.3) is 0 Å². The number of hydrogen-bond donors (Lipinski definition) is 1. The number of halogens is 1. The molecule has 1 aliphatic heterocycles. The third-order valence-electron chi connectivity index (χ3n) is 6.91. The van der Waals surface area contributed by atoms with E-state index in [1.807, 2.05) is 62.6 Å². The fourth-order valence-corrected chi connectivity index (χ4v) is 4.96. The molecule has 6 nitrogen and oxygen atoms in total. The van der Waals surface area contributed by atoms with Crippen molar-refractivity contribution in [1.29, 1.82) is 0 Å². The Morgan fingerprint density at radius 3 is 2.66 bits per heavy atom. The van der Waals surface area contributed by atoms with Crippen molar-refractivity contribution in [1.82, 2.24) is 14.8 Å². The highest BCUT2D eigenvalue weighted by molar-refractivity contribution is 5.93. The molecule has 0 spiro atoms. The molecule has 1 unspecified atom stereocenters. The zero-order chi connectivity index (χ0) is 26.6. The zero-order valence-corrected chi connectivity index (χ0v) is 21.9. The maximum Gasteiger partial charge on any atom is 0.247 e. The molecule has 1 aliphatic rings. The third-order valence-corrected chi connectivity index (χ3v) is 6.91. The van der Waals surface area contributed by atoms with Gasteiger partial charge in [0, 0.05) is 35.8 Å². The molecule has 0 radical (unpaired) electrons. The number of hydrogen-bond acceptors (Lipinski definition) is 4. The number of para-hydroxylation sites is 1. The Labute approximate surface area is 222 Å². The lowest BCUT2D eigenvalue weighted by molar-refractivity contribution is -0.128. The molecule has 1 amide bonds. The van der Waals surface area contributed by atoms with E-state index in [0.29, 0.717) is 25.1 Å². The maximum atomic E-state index is 14.8. The molecule has 0 saturated heterocycles. The molecule has 196 valence electrons. The van der Waals surface area contributed by atoms with E-state index >= 15 is 0 Å². The quantitative estimate of drug-likeness (QED) is 0.319. The van der Waals surface area contributed by atoms with Crippen molar-refractivity contribution in [3.8, 4) is 11.5 Å². The predicted molar refractivity (Wildman–Crippen MR) is 148 cm³/mol. The molecule has 1 aromatic heterocycles. The van der Waals surface area contributed by atoms with Gasteiger partial charge in [-0.3, -0.25) is 4.79 Å². The second-order valence-corrected chi connectivity index (χ2v) is 9.70. The van der Waals surface area contributed by atoms with Gasteiger partial charge in [0.05, 0.1) is 13.2 Å². The van der Waals surface area contributed by atoms with Crippen molar-refractivity contribution in [3.05, 3.63) is 101 Å². The summed E-state index contributed by atoms with van der Waals surface area (Å²) >= 11 is 0. The number of benzene rings is 3. The molecule has 7 heteroatoms. The van der Waals surface area contributed by atoms with Crippen LogP contribution < -0.4 is 9.47 Å². The second kappa shape index (κ2) is 11.1. The van der Waals surface area contributed by atoms with Gasteiger partial charge in [0.2, 0.25) is 5.91 Å². The van der Waals surface area contributed by atoms with E-state index in [-0.39, 0.29) is 11.7 Å². The lowest BCUT2D eigenvalue weighted by Gasteiger charge is -2.35. The smallest absolute Gasteiger partial charge is 0.247 e. The summed E-state index contributed by atoms with van der Waals surface area (Å²) in [5.74, 6) is 0.374. The molecule has 0 aliphatic carbocycles. The number of nitrogens with zero attached hydrogens (tertiary/aromatic N) is 2. The lowest BCUT2D eigenvalue weighted by atomic mass is 9.92. The summed E-state index contributed by atoms with van der Waals surface area (Å²) < 4.78 is 25.6. The summed E-state index contributed by atoms with van der Waals surface area (Å²) in [7, 11) is 5.45. The monoisotopic (exact) mass is 513 g/mol. The molecule has 1 N–H and O–H groups in total. The minimum Gasteiger partial charge on any atom is -0.494 e. The Balaban J connectivity index is 1.42. The standard InChI is InChI=1S/C31H32FN3O3/c1-34(2)18-19-38-23-12-8-21(9-13-23)10-15-29(36)35-17-16-25-24-6-4-5-7-27(24)33-30(25)31(35)22-11-14-28(37-3)26(32)20-22/h4-15,20,31,33H,16-19H2,1-3H3/b15-10+. The number of carbonyl (C=O) groups excluding carboxylic acids is 1. The average molecular weight is 514 g/mol. The van der Waals surface area contributed by atoms with E-state index in [1.165, 1.54) is 18.7 Å². The van der Waals surface area contributed by atoms with Crippen molar-refractivity contribution in [2.24, 2.45) is 0 Å². The number of ether oxygens (including phenoxy) is 2. The summed E-state index contributed by atoms with van der Waals surface area (Å²) in [5, 5.41) is 1.14. The number of aromatic nitrogens is 1. The molecular formula is C31H32FN3O3. The Kier molecular flexibility index (Phi) is 7.47. The van der Waals surface area contributed by atoms with Crippen LogP contribution in [-0.4, -0.2) is 61.6 Å². The molecular weight excluding hydrogens is 481 g/mol. The summed E-state index contributed by atoms with van der Waals surface area (Å²) in [6.07, 6.45) is 4.10. The first kappa shape index (κ1) is 25.5. The van der Waals surface area contributed by atoms with Crippen molar-refractivity contribution in [2.45, 2.75) is 12.5 Å². The first-order chi connectivity index (χ1) is 18.4. The first-order valence-corrected chi connectivity index (χ1v) is 12.7. The maximum absolute atomic E-state index is 14.8. The van der Waals surface area contributed by atoms with Crippen LogP contribution in [0.1, 0.15) is 28.4 Å². The molecule has 3 aromatic carbocycles. The predicted octanol–water partition coefficient (Wildman–Crippen LogP) is 5.44. The van der Waals surface area contributed by atoms with Crippen LogP contribution in [0, 0.1) is 5.82 Å². The van der Waals surface area contributed by atoms with Crippen LogP contribution in [0.5, 0.6) is 11.5 Å². The molecule has 38 heavy (non-hydrogen) atoms. The molecule has 0 bridgehead atoms. The van der Waals surface area contributed by atoms with Crippen molar-refractivity contribution in [3.63, 3.8) is 0 Å². The Morgan fingerprint density at radius 1 is 1.13 bits per heavy atom. The highest BCUT2D eigenvalue weighted by Crippen LogP contribution is 2.39. The Hall–Kier alpha value is -4.10. The zero-order valence-electron chi connectivity index (χ0n) is 21.9. The van der Waals surface area contributed by atoms with E-state index in [4.69, 9.17) is 9.47 Å². The van der Waals surface area contributed by atoms with Crippen LogP contribution in [0.3, 0.4) is 0 Å². The summed E-state index contributed by atoms with van der Waals surface area (Å²) in [6, 6.07) is 20.2. The number of amides is 1.